The first-order chi connectivity index (χ1) is 9.56. The van der Waals surface area contributed by atoms with Gasteiger partial charge in [-0.1, -0.05) is 29.3 Å². The fraction of sp³-hybridized carbons (Fsp3) is 0.231. The summed E-state index contributed by atoms with van der Waals surface area (Å²) in [7, 11) is 0. The number of anilines is 1. The molecule has 2 N–H and O–H groups in total. The van der Waals surface area contributed by atoms with E-state index in [2.05, 4.69) is 15.6 Å². The number of carbonyl (C=O) groups is 1. The highest BCUT2D eigenvalue weighted by Gasteiger charge is 2.13. The molecule has 2 aromatic rings. The van der Waals surface area contributed by atoms with Crippen molar-refractivity contribution in [3.63, 3.8) is 0 Å². The van der Waals surface area contributed by atoms with E-state index in [9.17, 15) is 4.79 Å². The number of nitrogens with one attached hydrogen (secondary N) is 2. The van der Waals surface area contributed by atoms with Gasteiger partial charge in [0.25, 0.3) is 0 Å². The Morgan fingerprint density at radius 1 is 1.40 bits per heavy atom. The minimum Gasteiger partial charge on any atom is -0.302 e. The maximum absolute atomic E-state index is 11.9. The van der Waals surface area contributed by atoms with Crippen molar-refractivity contribution in [2.24, 2.45) is 0 Å². The molecular formula is C13H13Cl2N3OS. The lowest BCUT2D eigenvalue weighted by Crippen LogP contribution is -2.37. The Labute approximate surface area is 131 Å². The van der Waals surface area contributed by atoms with Gasteiger partial charge in [0, 0.05) is 18.1 Å². The predicted octanol–water partition coefficient (Wildman–Crippen LogP) is 3.57. The summed E-state index contributed by atoms with van der Waals surface area (Å²) in [5.74, 6) is -0.125. The fourth-order valence-corrected chi connectivity index (χ4v) is 2.36. The summed E-state index contributed by atoms with van der Waals surface area (Å²) in [4.78, 5) is 15.9. The number of carbonyl (C=O) groups excluding carboxylic acids is 1. The molecule has 1 heterocycles. The molecule has 0 aliphatic heterocycles. The highest BCUT2D eigenvalue weighted by atomic mass is 35.5. The lowest BCUT2D eigenvalue weighted by molar-refractivity contribution is -0.117. The molecule has 1 amide bonds. The summed E-state index contributed by atoms with van der Waals surface area (Å²) in [5.41, 5.74) is 0.966. The summed E-state index contributed by atoms with van der Waals surface area (Å²) < 4.78 is 0. The molecule has 7 heteroatoms. The highest BCUT2D eigenvalue weighted by molar-refractivity contribution is 7.13. The molecule has 0 aliphatic carbocycles. The summed E-state index contributed by atoms with van der Waals surface area (Å²) in [5, 5.41) is 9.29. The van der Waals surface area contributed by atoms with E-state index in [-0.39, 0.29) is 11.9 Å². The van der Waals surface area contributed by atoms with Crippen LogP contribution in [0.1, 0.15) is 12.5 Å². The Morgan fingerprint density at radius 2 is 2.20 bits per heavy atom. The third-order valence-electron chi connectivity index (χ3n) is 2.65. The van der Waals surface area contributed by atoms with Gasteiger partial charge in [-0.25, -0.2) is 4.98 Å². The molecule has 1 aromatic heterocycles. The number of aromatic nitrogens is 1. The molecule has 0 fully saturated rings. The maximum atomic E-state index is 11.9. The van der Waals surface area contributed by atoms with Crippen molar-refractivity contribution in [3.8, 4) is 0 Å². The zero-order valence-electron chi connectivity index (χ0n) is 10.7. The molecule has 0 radical (unpaired) electrons. The molecule has 20 heavy (non-hydrogen) atoms. The first-order valence-corrected chi connectivity index (χ1v) is 7.57. The van der Waals surface area contributed by atoms with E-state index in [1.807, 2.05) is 11.4 Å². The van der Waals surface area contributed by atoms with Crippen LogP contribution in [0.15, 0.2) is 29.8 Å². The van der Waals surface area contributed by atoms with Crippen molar-refractivity contribution in [2.75, 3.05) is 5.32 Å². The normalized spacial score (nSPS) is 12.2. The van der Waals surface area contributed by atoms with Gasteiger partial charge in [-0.2, -0.15) is 0 Å². The van der Waals surface area contributed by atoms with E-state index in [0.29, 0.717) is 21.7 Å². The molecule has 2 rings (SSSR count). The lowest BCUT2D eigenvalue weighted by Gasteiger charge is -2.13. The molecule has 1 atom stereocenters. The monoisotopic (exact) mass is 329 g/mol. The highest BCUT2D eigenvalue weighted by Crippen LogP contribution is 2.22. The van der Waals surface area contributed by atoms with Gasteiger partial charge >= 0.3 is 0 Å². The molecule has 0 saturated heterocycles. The molecule has 106 valence electrons. The second-order valence-electron chi connectivity index (χ2n) is 4.18. The lowest BCUT2D eigenvalue weighted by atomic mass is 10.2. The Morgan fingerprint density at radius 3 is 2.85 bits per heavy atom. The molecule has 0 saturated carbocycles. The zero-order chi connectivity index (χ0) is 14.5. The average molecular weight is 330 g/mol. The largest absolute Gasteiger partial charge is 0.302 e. The quantitative estimate of drug-likeness (QED) is 0.881. The van der Waals surface area contributed by atoms with Crippen LogP contribution in [0, 0.1) is 0 Å². The average Bonchev–Trinajstić information content (AvgIpc) is 2.92. The molecular weight excluding hydrogens is 317 g/mol. The van der Waals surface area contributed by atoms with Gasteiger partial charge in [-0.15, -0.1) is 11.3 Å². The Bertz CT molecular complexity index is 589. The van der Waals surface area contributed by atoms with Crippen molar-refractivity contribution in [2.45, 2.75) is 19.5 Å². The van der Waals surface area contributed by atoms with Gasteiger partial charge in [0.1, 0.15) is 0 Å². The van der Waals surface area contributed by atoms with Gasteiger partial charge in [-0.3, -0.25) is 4.79 Å². The minimum absolute atomic E-state index is 0.125. The van der Waals surface area contributed by atoms with E-state index < -0.39 is 0 Å². The van der Waals surface area contributed by atoms with Gasteiger partial charge in [0.05, 0.1) is 16.1 Å². The van der Waals surface area contributed by atoms with Crippen molar-refractivity contribution >= 4 is 45.6 Å². The number of nitrogens with zero attached hydrogens (tertiary/aromatic N) is 1. The summed E-state index contributed by atoms with van der Waals surface area (Å²) in [6.07, 6.45) is 1.65. The van der Waals surface area contributed by atoms with Gasteiger partial charge < -0.3 is 10.6 Å². The number of benzene rings is 1. The van der Waals surface area contributed by atoms with Crippen LogP contribution in [0.3, 0.4) is 0 Å². The van der Waals surface area contributed by atoms with Crippen LogP contribution in [0.5, 0.6) is 0 Å². The molecule has 0 aliphatic rings. The van der Waals surface area contributed by atoms with Crippen molar-refractivity contribution < 1.29 is 4.79 Å². The second kappa shape index (κ2) is 7.04. The number of thiazole rings is 1. The third-order valence-corrected chi connectivity index (χ3v) is 4.08. The molecule has 4 nitrogen and oxygen atoms in total. The van der Waals surface area contributed by atoms with E-state index in [4.69, 9.17) is 23.2 Å². The first-order valence-electron chi connectivity index (χ1n) is 5.94. The van der Waals surface area contributed by atoms with Crippen molar-refractivity contribution in [3.05, 3.63) is 45.4 Å². The number of rotatable bonds is 5. The Hall–Kier alpha value is -1.14. The van der Waals surface area contributed by atoms with E-state index >= 15 is 0 Å². The number of hydrogen-bond donors (Lipinski definition) is 2. The van der Waals surface area contributed by atoms with Crippen LogP contribution in [-0.2, 0) is 11.3 Å². The van der Waals surface area contributed by atoms with Gasteiger partial charge in [0.2, 0.25) is 5.91 Å². The SMILES string of the molecule is C[C@H](NCc1ccc(Cl)c(Cl)c1)C(=O)Nc1nccs1. The molecule has 1 aromatic carbocycles. The third kappa shape index (κ3) is 4.18. The summed E-state index contributed by atoms with van der Waals surface area (Å²) in [6, 6.07) is 5.05. The van der Waals surface area contributed by atoms with E-state index in [0.717, 1.165) is 5.56 Å². The van der Waals surface area contributed by atoms with E-state index in [1.165, 1.54) is 11.3 Å². The van der Waals surface area contributed by atoms with Gasteiger partial charge in [-0.05, 0) is 24.6 Å². The Balaban J connectivity index is 1.86. The van der Waals surface area contributed by atoms with E-state index in [1.54, 1.807) is 25.3 Å². The fourth-order valence-electron chi connectivity index (χ4n) is 1.51. The topological polar surface area (TPSA) is 54.0 Å². The molecule has 0 unspecified atom stereocenters. The maximum Gasteiger partial charge on any atom is 0.243 e. The van der Waals surface area contributed by atoms with Gasteiger partial charge in [0.15, 0.2) is 5.13 Å². The zero-order valence-corrected chi connectivity index (χ0v) is 13.0. The first kappa shape index (κ1) is 15.3. The van der Waals surface area contributed by atoms with Crippen LogP contribution in [-0.4, -0.2) is 16.9 Å². The number of halogens is 2. The molecule has 0 bridgehead atoms. The number of amides is 1. The van der Waals surface area contributed by atoms with Crippen LogP contribution in [0.4, 0.5) is 5.13 Å². The van der Waals surface area contributed by atoms with Crippen LogP contribution >= 0.6 is 34.5 Å². The summed E-state index contributed by atoms with van der Waals surface area (Å²) in [6.45, 7) is 2.32. The molecule has 0 spiro atoms. The van der Waals surface area contributed by atoms with Crippen LogP contribution < -0.4 is 10.6 Å². The van der Waals surface area contributed by atoms with Crippen molar-refractivity contribution in [1.82, 2.24) is 10.3 Å². The van der Waals surface area contributed by atoms with Crippen molar-refractivity contribution in [1.29, 1.82) is 0 Å². The second-order valence-corrected chi connectivity index (χ2v) is 5.89. The smallest absolute Gasteiger partial charge is 0.243 e. The predicted molar refractivity (Wildman–Crippen MR) is 83.5 cm³/mol. The standard InChI is InChI=1S/C13H13Cl2N3OS/c1-8(12(19)18-13-16-4-5-20-13)17-7-9-2-3-10(14)11(15)6-9/h2-6,8,17H,7H2,1H3,(H,16,18,19)/t8-/m0/s1. The number of hydrogen-bond acceptors (Lipinski definition) is 4. The van der Waals surface area contributed by atoms with Crippen LogP contribution in [0.2, 0.25) is 10.0 Å². The minimum atomic E-state index is -0.339. The van der Waals surface area contributed by atoms with Crippen LogP contribution in [0.25, 0.3) is 0 Å². The summed E-state index contributed by atoms with van der Waals surface area (Å²) >= 11 is 13.2. The Kier molecular flexibility index (Phi) is 5.37.